The van der Waals surface area contributed by atoms with E-state index in [9.17, 15) is 30.3 Å². The highest BCUT2D eigenvalue weighted by Gasteiger charge is 2.44. The number of carbonyl (C=O) groups is 1. The molecule has 0 bridgehead atoms. The molecule has 0 aromatic carbocycles. The van der Waals surface area contributed by atoms with Crippen molar-refractivity contribution in [1.29, 1.82) is 0 Å². The van der Waals surface area contributed by atoms with E-state index in [2.05, 4.69) is 31.3 Å². The molecule has 312 valence electrons. The number of aliphatic hydroxyl groups is 5. The molecule has 53 heavy (non-hydrogen) atoms. The van der Waals surface area contributed by atoms with Crippen LogP contribution < -0.4 is 5.32 Å². The van der Waals surface area contributed by atoms with Gasteiger partial charge in [0.15, 0.2) is 6.29 Å². The number of ether oxygens (including phenoxy) is 2. The second kappa shape index (κ2) is 35.1. The van der Waals surface area contributed by atoms with Crippen LogP contribution in [-0.2, 0) is 14.3 Å². The smallest absolute Gasteiger partial charge is 0.220 e. The van der Waals surface area contributed by atoms with Crippen molar-refractivity contribution in [3.63, 3.8) is 0 Å². The normalized spacial score (nSPS) is 21.8. The highest BCUT2D eigenvalue weighted by molar-refractivity contribution is 5.76. The summed E-state index contributed by atoms with van der Waals surface area (Å²) in [7, 11) is 0. The van der Waals surface area contributed by atoms with Gasteiger partial charge in [-0.2, -0.15) is 0 Å². The molecule has 9 nitrogen and oxygen atoms in total. The predicted molar refractivity (Wildman–Crippen MR) is 217 cm³/mol. The van der Waals surface area contributed by atoms with Crippen LogP contribution in [0.2, 0.25) is 0 Å². The molecule has 7 unspecified atom stereocenters. The van der Waals surface area contributed by atoms with Crippen LogP contribution in [0.5, 0.6) is 0 Å². The maximum absolute atomic E-state index is 12.9. The molecule has 1 heterocycles. The van der Waals surface area contributed by atoms with Gasteiger partial charge in [0, 0.05) is 6.42 Å². The van der Waals surface area contributed by atoms with E-state index in [1.165, 1.54) is 109 Å². The summed E-state index contributed by atoms with van der Waals surface area (Å²) < 4.78 is 11.2. The van der Waals surface area contributed by atoms with Gasteiger partial charge in [0.05, 0.1) is 25.4 Å². The Morgan fingerprint density at radius 2 is 1.09 bits per heavy atom. The van der Waals surface area contributed by atoms with Crippen LogP contribution in [0.15, 0.2) is 24.3 Å². The number of allylic oxidation sites excluding steroid dienone is 3. The second-order valence-electron chi connectivity index (χ2n) is 15.5. The van der Waals surface area contributed by atoms with Gasteiger partial charge < -0.3 is 40.3 Å². The Bertz CT molecular complexity index is 883. The van der Waals surface area contributed by atoms with E-state index in [0.29, 0.717) is 6.42 Å². The summed E-state index contributed by atoms with van der Waals surface area (Å²) in [5, 5.41) is 54.0. The Labute approximate surface area is 324 Å². The summed E-state index contributed by atoms with van der Waals surface area (Å²) in [5.41, 5.74) is 0. The zero-order valence-corrected chi connectivity index (χ0v) is 34.0. The van der Waals surface area contributed by atoms with Crippen LogP contribution in [0.1, 0.15) is 194 Å². The van der Waals surface area contributed by atoms with Crippen LogP contribution in [-0.4, -0.2) is 87.5 Å². The van der Waals surface area contributed by atoms with E-state index in [-0.39, 0.29) is 12.5 Å². The number of amides is 1. The van der Waals surface area contributed by atoms with Crippen molar-refractivity contribution in [3.8, 4) is 0 Å². The lowest BCUT2D eigenvalue weighted by molar-refractivity contribution is -0.302. The van der Waals surface area contributed by atoms with Crippen LogP contribution in [0, 0.1) is 0 Å². The summed E-state index contributed by atoms with van der Waals surface area (Å²) in [6.45, 7) is 3.70. The van der Waals surface area contributed by atoms with Crippen molar-refractivity contribution in [1.82, 2.24) is 5.32 Å². The van der Waals surface area contributed by atoms with Gasteiger partial charge in [-0.25, -0.2) is 0 Å². The van der Waals surface area contributed by atoms with E-state index < -0.39 is 49.5 Å². The minimum absolute atomic E-state index is 0.189. The first-order valence-corrected chi connectivity index (χ1v) is 22.1. The number of carbonyl (C=O) groups excluding carboxylic acids is 1. The molecule has 0 aromatic rings. The van der Waals surface area contributed by atoms with Gasteiger partial charge in [-0.05, 0) is 38.5 Å². The Hall–Kier alpha value is -1.33. The standard InChI is InChI=1S/C44H83NO8/c1-3-5-7-9-11-13-15-16-17-18-19-20-21-22-23-24-25-27-29-31-33-38(47)37(36-52-44-43(51)42(50)41(49)39(35-46)53-44)45-40(48)34-32-30-28-26-14-12-10-8-6-4-2/h8,10,31,33,37-39,41-44,46-47,49-51H,3-7,9,11-30,32,34-36H2,1-2H3,(H,45,48)/b10-8-,33-31+. The van der Waals surface area contributed by atoms with Crippen molar-refractivity contribution >= 4 is 5.91 Å². The third-order valence-electron chi connectivity index (χ3n) is 10.5. The average Bonchev–Trinajstić information content (AvgIpc) is 3.16. The molecule has 0 saturated carbocycles. The van der Waals surface area contributed by atoms with Crippen molar-refractivity contribution in [2.24, 2.45) is 0 Å². The molecule has 0 radical (unpaired) electrons. The zero-order chi connectivity index (χ0) is 38.8. The second-order valence-corrected chi connectivity index (χ2v) is 15.5. The number of hydrogen-bond acceptors (Lipinski definition) is 8. The molecule has 1 aliphatic rings. The topological polar surface area (TPSA) is 149 Å². The van der Waals surface area contributed by atoms with Gasteiger partial charge in [0.25, 0.3) is 0 Å². The van der Waals surface area contributed by atoms with Gasteiger partial charge in [-0.1, -0.05) is 173 Å². The lowest BCUT2D eigenvalue weighted by Gasteiger charge is -2.40. The minimum Gasteiger partial charge on any atom is -0.394 e. The Balaban J connectivity index is 2.34. The molecule has 1 fully saturated rings. The maximum atomic E-state index is 12.9. The van der Waals surface area contributed by atoms with E-state index in [4.69, 9.17) is 9.47 Å². The van der Waals surface area contributed by atoms with Crippen molar-refractivity contribution < 1.29 is 39.8 Å². The largest absolute Gasteiger partial charge is 0.394 e. The summed E-state index contributed by atoms with van der Waals surface area (Å²) in [6.07, 6.45) is 33.7. The van der Waals surface area contributed by atoms with Crippen LogP contribution >= 0.6 is 0 Å². The molecule has 7 atom stereocenters. The molecule has 6 N–H and O–H groups in total. The fourth-order valence-electron chi connectivity index (χ4n) is 6.92. The number of nitrogens with one attached hydrogen (secondary N) is 1. The first kappa shape index (κ1) is 49.7. The summed E-state index contributed by atoms with van der Waals surface area (Å²) in [4.78, 5) is 12.9. The lowest BCUT2D eigenvalue weighted by Crippen LogP contribution is -2.60. The van der Waals surface area contributed by atoms with E-state index >= 15 is 0 Å². The van der Waals surface area contributed by atoms with Gasteiger partial charge in [0.2, 0.25) is 5.91 Å². The van der Waals surface area contributed by atoms with Gasteiger partial charge in [-0.3, -0.25) is 4.79 Å². The molecule has 1 amide bonds. The number of aliphatic hydroxyl groups excluding tert-OH is 5. The highest BCUT2D eigenvalue weighted by Crippen LogP contribution is 2.22. The SMILES string of the molecule is CCC/C=C\CCCCCCCC(=O)NC(COC1OC(CO)C(O)C(O)C1O)C(O)/C=C/CCCCCCCCCCCCCCCCCCCC. The molecule has 9 heteroatoms. The fraction of sp³-hybridized carbons (Fsp3) is 0.886. The van der Waals surface area contributed by atoms with Gasteiger partial charge >= 0.3 is 0 Å². The molecule has 1 saturated heterocycles. The predicted octanol–water partition coefficient (Wildman–Crippen LogP) is 8.72. The molecule has 1 aliphatic heterocycles. The fourth-order valence-corrected chi connectivity index (χ4v) is 6.92. The number of hydrogen-bond donors (Lipinski definition) is 6. The zero-order valence-electron chi connectivity index (χ0n) is 34.0. The average molecular weight is 754 g/mol. The minimum atomic E-state index is -1.56. The summed E-state index contributed by atoms with van der Waals surface area (Å²) >= 11 is 0. The first-order valence-electron chi connectivity index (χ1n) is 22.1. The van der Waals surface area contributed by atoms with Gasteiger partial charge in [-0.15, -0.1) is 0 Å². The third-order valence-corrected chi connectivity index (χ3v) is 10.5. The molecular weight excluding hydrogens is 670 g/mol. The van der Waals surface area contributed by atoms with Gasteiger partial charge in [0.1, 0.15) is 24.4 Å². The lowest BCUT2D eigenvalue weighted by atomic mass is 9.99. The molecule has 0 aromatic heterocycles. The molecule has 0 aliphatic carbocycles. The number of unbranched alkanes of at least 4 members (excludes halogenated alkanes) is 24. The van der Waals surface area contributed by atoms with Crippen molar-refractivity contribution in [3.05, 3.63) is 24.3 Å². The Morgan fingerprint density at radius 3 is 1.60 bits per heavy atom. The van der Waals surface area contributed by atoms with Crippen LogP contribution in [0.25, 0.3) is 0 Å². The van der Waals surface area contributed by atoms with E-state index in [0.717, 1.165) is 64.2 Å². The van der Waals surface area contributed by atoms with Crippen molar-refractivity contribution in [2.75, 3.05) is 13.2 Å². The monoisotopic (exact) mass is 754 g/mol. The van der Waals surface area contributed by atoms with E-state index in [1.54, 1.807) is 6.08 Å². The first-order chi connectivity index (χ1) is 25.8. The van der Waals surface area contributed by atoms with Crippen LogP contribution in [0.3, 0.4) is 0 Å². The molecule has 1 rings (SSSR count). The Kier molecular flexibility index (Phi) is 32.9. The molecular formula is C44H83NO8. The quantitative estimate of drug-likeness (QED) is 0.0275. The van der Waals surface area contributed by atoms with Crippen LogP contribution in [0.4, 0.5) is 0 Å². The maximum Gasteiger partial charge on any atom is 0.220 e. The van der Waals surface area contributed by atoms with E-state index in [1.807, 2.05) is 6.08 Å². The summed E-state index contributed by atoms with van der Waals surface area (Å²) in [5.74, 6) is -0.189. The molecule has 0 spiro atoms. The number of rotatable bonds is 36. The summed E-state index contributed by atoms with van der Waals surface area (Å²) in [6, 6.07) is -0.804. The highest BCUT2D eigenvalue weighted by atomic mass is 16.7. The third kappa shape index (κ3) is 26.2. The van der Waals surface area contributed by atoms with Crippen molar-refractivity contribution in [2.45, 2.75) is 236 Å². The Morgan fingerprint density at radius 1 is 0.623 bits per heavy atom.